The summed E-state index contributed by atoms with van der Waals surface area (Å²) in [6.07, 6.45) is 0.548. The lowest BCUT2D eigenvalue weighted by molar-refractivity contribution is 0.151. The monoisotopic (exact) mass is 253 g/mol. The van der Waals surface area contributed by atoms with Gasteiger partial charge < -0.3 is 15.2 Å². The van der Waals surface area contributed by atoms with Crippen LogP contribution in [0.1, 0.15) is 19.8 Å². The van der Waals surface area contributed by atoms with Gasteiger partial charge in [-0.25, -0.2) is 8.42 Å². The average molecular weight is 253 g/mol. The zero-order valence-corrected chi connectivity index (χ0v) is 10.9. The van der Waals surface area contributed by atoms with Crippen LogP contribution in [0.3, 0.4) is 0 Å². The molecule has 0 amide bonds. The van der Waals surface area contributed by atoms with Gasteiger partial charge in [0, 0.05) is 26.0 Å². The van der Waals surface area contributed by atoms with Crippen molar-refractivity contribution >= 4 is 9.84 Å². The largest absolute Gasteiger partial charge is 0.392 e. The molecule has 1 atom stereocenters. The van der Waals surface area contributed by atoms with Crippen LogP contribution in [0.2, 0.25) is 0 Å². The Kier molecular flexibility index (Phi) is 8.83. The molecule has 1 unspecified atom stereocenters. The van der Waals surface area contributed by atoms with Gasteiger partial charge in [-0.05, 0) is 12.8 Å². The number of ether oxygens (including phenoxy) is 1. The summed E-state index contributed by atoms with van der Waals surface area (Å²) in [4.78, 5) is 0. The second kappa shape index (κ2) is 8.92. The normalized spacial score (nSPS) is 13.9. The molecule has 0 radical (unpaired) electrons. The van der Waals surface area contributed by atoms with E-state index in [4.69, 9.17) is 4.74 Å². The van der Waals surface area contributed by atoms with Gasteiger partial charge in [0.15, 0.2) is 0 Å². The highest BCUT2D eigenvalue weighted by Gasteiger charge is 2.09. The van der Waals surface area contributed by atoms with Crippen molar-refractivity contribution in [1.82, 2.24) is 5.32 Å². The molecule has 5 nitrogen and oxygen atoms in total. The molecule has 2 N–H and O–H groups in total. The third kappa shape index (κ3) is 9.08. The van der Waals surface area contributed by atoms with E-state index >= 15 is 0 Å². The molecule has 0 saturated heterocycles. The second-order valence-corrected chi connectivity index (χ2v) is 6.20. The number of hydrogen-bond acceptors (Lipinski definition) is 5. The predicted octanol–water partition coefficient (Wildman–Crippen LogP) is -0.202. The van der Waals surface area contributed by atoms with Crippen LogP contribution in [0.15, 0.2) is 0 Å². The quantitative estimate of drug-likeness (QED) is 0.527. The molecule has 0 aromatic rings. The van der Waals surface area contributed by atoms with Gasteiger partial charge in [-0.3, -0.25) is 0 Å². The molecule has 0 rings (SSSR count). The van der Waals surface area contributed by atoms with Gasteiger partial charge >= 0.3 is 0 Å². The molecular weight excluding hydrogens is 230 g/mol. The Bertz CT molecular complexity index is 254. The summed E-state index contributed by atoms with van der Waals surface area (Å²) in [6.45, 7) is 3.42. The standard InChI is InChI=1S/C10H23NO4S/c1-3-16(13,14)8-4-5-10(12)9-11-6-7-15-2/h10-12H,3-9H2,1-2H3. The van der Waals surface area contributed by atoms with Crippen LogP contribution >= 0.6 is 0 Å². The summed E-state index contributed by atoms with van der Waals surface area (Å²) in [5.74, 6) is 0.341. The molecule has 0 spiro atoms. The molecule has 6 heteroatoms. The minimum Gasteiger partial charge on any atom is -0.392 e. The van der Waals surface area contributed by atoms with Crippen LogP contribution < -0.4 is 5.32 Å². The van der Waals surface area contributed by atoms with Gasteiger partial charge in [-0.1, -0.05) is 6.92 Å². The maximum Gasteiger partial charge on any atom is 0.150 e. The molecule has 0 aromatic heterocycles. The summed E-state index contributed by atoms with van der Waals surface area (Å²) >= 11 is 0. The summed E-state index contributed by atoms with van der Waals surface area (Å²) in [5, 5.41) is 12.5. The third-order valence-electron chi connectivity index (χ3n) is 2.30. The van der Waals surface area contributed by atoms with Crippen LogP contribution in [0.5, 0.6) is 0 Å². The SMILES string of the molecule is CCS(=O)(=O)CCCC(O)CNCCOC. The number of aliphatic hydroxyl groups is 1. The van der Waals surface area contributed by atoms with Crippen molar-refractivity contribution in [2.45, 2.75) is 25.9 Å². The van der Waals surface area contributed by atoms with Crippen LogP contribution in [0.4, 0.5) is 0 Å². The smallest absolute Gasteiger partial charge is 0.150 e. The highest BCUT2D eigenvalue weighted by Crippen LogP contribution is 2.00. The van der Waals surface area contributed by atoms with E-state index in [0.717, 1.165) is 0 Å². The van der Waals surface area contributed by atoms with Gasteiger partial charge in [0.2, 0.25) is 0 Å². The van der Waals surface area contributed by atoms with Crippen molar-refractivity contribution in [1.29, 1.82) is 0 Å². The third-order valence-corrected chi connectivity index (χ3v) is 4.09. The van der Waals surface area contributed by atoms with Gasteiger partial charge in [0.05, 0.1) is 18.5 Å². The first-order valence-corrected chi connectivity index (χ1v) is 7.42. The molecule has 0 aliphatic heterocycles. The Labute approximate surface area is 98.1 Å². The summed E-state index contributed by atoms with van der Waals surface area (Å²) < 4.78 is 27.2. The number of nitrogens with one attached hydrogen (secondary N) is 1. The fraction of sp³-hybridized carbons (Fsp3) is 1.00. The fourth-order valence-electron chi connectivity index (χ4n) is 1.23. The Morgan fingerprint density at radius 3 is 2.69 bits per heavy atom. The van der Waals surface area contributed by atoms with Crippen molar-refractivity contribution in [3.63, 3.8) is 0 Å². The van der Waals surface area contributed by atoms with Crippen molar-refractivity contribution in [3.8, 4) is 0 Å². The molecule has 0 aliphatic carbocycles. The maximum absolute atomic E-state index is 11.2. The van der Waals surface area contributed by atoms with Crippen LogP contribution in [0, 0.1) is 0 Å². The number of aliphatic hydroxyl groups excluding tert-OH is 1. The minimum absolute atomic E-state index is 0.165. The lowest BCUT2D eigenvalue weighted by atomic mass is 10.2. The topological polar surface area (TPSA) is 75.6 Å². The zero-order chi connectivity index (χ0) is 12.4. The van der Waals surface area contributed by atoms with Crippen molar-refractivity contribution < 1.29 is 18.3 Å². The number of hydrogen-bond donors (Lipinski definition) is 2. The van der Waals surface area contributed by atoms with Crippen molar-refractivity contribution in [2.75, 3.05) is 38.3 Å². The van der Waals surface area contributed by atoms with Crippen molar-refractivity contribution in [3.05, 3.63) is 0 Å². The van der Waals surface area contributed by atoms with E-state index < -0.39 is 15.9 Å². The molecule has 0 aliphatic rings. The van der Waals surface area contributed by atoms with E-state index in [1.165, 1.54) is 0 Å². The molecule has 98 valence electrons. The van der Waals surface area contributed by atoms with E-state index in [9.17, 15) is 13.5 Å². The number of sulfone groups is 1. The summed E-state index contributed by atoms with van der Waals surface area (Å²) in [5.41, 5.74) is 0. The molecule has 0 bridgehead atoms. The molecular formula is C10H23NO4S. The Morgan fingerprint density at radius 1 is 1.44 bits per heavy atom. The Balaban J connectivity index is 3.47. The Hall–Kier alpha value is -0.170. The first-order chi connectivity index (χ1) is 7.52. The first-order valence-electron chi connectivity index (χ1n) is 5.60. The number of rotatable bonds is 10. The van der Waals surface area contributed by atoms with E-state index in [2.05, 4.69) is 5.32 Å². The highest BCUT2D eigenvalue weighted by atomic mass is 32.2. The summed E-state index contributed by atoms with van der Waals surface area (Å²) in [6, 6.07) is 0. The molecule has 0 aromatic carbocycles. The van der Waals surface area contributed by atoms with Gasteiger partial charge in [0.1, 0.15) is 9.84 Å². The molecule has 16 heavy (non-hydrogen) atoms. The first kappa shape index (κ1) is 15.8. The van der Waals surface area contributed by atoms with E-state index in [0.29, 0.717) is 32.5 Å². The van der Waals surface area contributed by atoms with Gasteiger partial charge in [-0.15, -0.1) is 0 Å². The fourth-order valence-corrected chi connectivity index (χ4v) is 2.12. The van der Waals surface area contributed by atoms with E-state index in [1.807, 2.05) is 0 Å². The minimum atomic E-state index is -2.90. The summed E-state index contributed by atoms with van der Waals surface area (Å²) in [7, 11) is -1.28. The van der Waals surface area contributed by atoms with Crippen LogP contribution in [-0.4, -0.2) is 57.9 Å². The van der Waals surface area contributed by atoms with Crippen molar-refractivity contribution in [2.24, 2.45) is 0 Å². The molecule has 0 heterocycles. The number of methoxy groups -OCH3 is 1. The lowest BCUT2D eigenvalue weighted by Crippen LogP contribution is -2.29. The van der Waals surface area contributed by atoms with E-state index in [-0.39, 0.29) is 11.5 Å². The molecule has 0 fully saturated rings. The van der Waals surface area contributed by atoms with E-state index in [1.54, 1.807) is 14.0 Å². The van der Waals surface area contributed by atoms with Gasteiger partial charge in [0.25, 0.3) is 0 Å². The molecule has 0 saturated carbocycles. The maximum atomic E-state index is 11.2. The predicted molar refractivity (Wildman–Crippen MR) is 64.3 cm³/mol. The lowest BCUT2D eigenvalue weighted by Gasteiger charge is -2.11. The zero-order valence-electron chi connectivity index (χ0n) is 10.1. The second-order valence-electron chi connectivity index (χ2n) is 3.73. The Morgan fingerprint density at radius 2 is 2.12 bits per heavy atom. The van der Waals surface area contributed by atoms with Crippen LogP contribution in [0.25, 0.3) is 0 Å². The van der Waals surface area contributed by atoms with Crippen LogP contribution in [-0.2, 0) is 14.6 Å². The van der Waals surface area contributed by atoms with Gasteiger partial charge in [-0.2, -0.15) is 0 Å². The highest BCUT2D eigenvalue weighted by molar-refractivity contribution is 7.91. The average Bonchev–Trinajstić information content (AvgIpc) is 2.24.